The number of nitrogens with zero attached hydrogens (tertiary/aromatic N) is 3. The fraction of sp³-hybridized carbons (Fsp3) is 0.391. The maximum Gasteiger partial charge on any atom is 0.413 e. The monoisotopic (exact) mass is 490 g/mol. The summed E-state index contributed by atoms with van der Waals surface area (Å²) in [5.41, 5.74) is 1.15. The SMILES string of the molecule is CCOC(=O)c1cc(COC(=O)N(Cc2ccc3cc(Cl)ccc3n2)C2(F)CCNCC2)on1. The third-order valence-electron chi connectivity index (χ3n) is 5.48. The molecule has 0 atom stereocenters. The number of alkyl halides is 1. The Bertz CT molecular complexity index is 1180. The Hall–Kier alpha value is -3.24. The zero-order valence-corrected chi connectivity index (χ0v) is 19.3. The summed E-state index contributed by atoms with van der Waals surface area (Å²) >= 11 is 6.03. The average molecular weight is 491 g/mol. The van der Waals surface area contributed by atoms with Gasteiger partial charge in [-0.15, -0.1) is 0 Å². The number of benzene rings is 1. The van der Waals surface area contributed by atoms with E-state index in [1.165, 1.54) is 6.07 Å². The fourth-order valence-electron chi connectivity index (χ4n) is 3.73. The highest BCUT2D eigenvalue weighted by molar-refractivity contribution is 6.31. The van der Waals surface area contributed by atoms with Gasteiger partial charge >= 0.3 is 12.1 Å². The number of pyridine rings is 1. The molecule has 0 spiro atoms. The molecule has 2 aromatic heterocycles. The van der Waals surface area contributed by atoms with Crippen molar-refractivity contribution in [2.75, 3.05) is 19.7 Å². The van der Waals surface area contributed by atoms with Crippen LogP contribution in [0.3, 0.4) is 0 Å². The van der Waals surface area contributed by atoms with Gasteiger partial charge in [-0.2, -0.15) is 0 Å². The summed E-state index contributed by atoms with van der Waals surface area (Å²) in [4.78, 5) is 30.4. The highest BCUT2D eigenvalue weighted by Gasteiger charge is 2.42. The molecule has 11 heteroatoms. The van der Waals surface area contributed by atoms with Crippen LogP contribution in [0, 0.1) is 0 Å². The van der Waals surface area contributed by atoms with Crippen LogP contribution in [-0.4, -0.2) is 52.6 Å². The first-order valence-corrected chi connectivity index (χ1v) is 11.3. The standard InChI is InChI=1S/C23H24ClFN4O5/c1-2-32-21(30)20-12-18(34-28-20)14-33-22(31)29(23(25)7-9-26-10-8-23)13-17-5-3-15-11-16(24)4-6-19(15)27-17/h3-6,11-12,26H,2,7-10,13-14H2,1H3. The summed E-state index contributed by atoms with van der Waals surface area (Å²) < 4.78 is 31.1. The van der Waals surface area contributed by atoms with Gasteiger partial charge in [0.2, 0.25) is 0 Å². The molecule has 1 N–H and O–H groups in total. The second-order valence-electron chi connectivity index (χ2n) is 7.85. The van der Waals surface area contributed by atoms with Gasteiger partial charge in [0.05, 0.1) is 24.4 Å². The van der Waals surface area contributed by atoms with Crippen molar-refractivity contribution in [2.24, 2.45) is 0 Å². The second kappa shape index (κ2) is 10.4. The molecule has 0 radical (unpaired) electrons. The molecule has 0 unspecified atom stereocenters. The van der Waals surface area contributed by atoms with Gasteiger partial charge in [-0.1, -0.05) is 22.8 Å². The lowest BCUT2D eigenvalue weighted by atomic mass is 10.0. The predicted octanol–water partition coefficient (Wildman–Crippen LogP) is 4.24. The number of esters is 1. The Kier molecular flexibility index (Phi) is 7.28. The van der Waals surface area contributed by atoms with Gasteiger partial charge in [-0.05, 0) is 31.2 Å². The first-order chi connectivity index (χ1) is 16.4. The number of amides is 1. The topological polar surface area (TPSA) is 107 Å². The maximum atomic E-state index is 15.9. The van der Waals surface area contributed by atoms with Crippen LogP contribution in [0.5, 0.6) is 0 Å². The molecule has 0 saturated carbocycles. The number of hydrogen-bond donors (Lipinski definition) is 1. The van der Waals surface area contributed by atoms with Gasteiger partial charge in [0.25, 0.3) is 0 Å². The van der Waals surface area contributed by atoms with E-state index in [-0.39, 0.29) is 44.1 Å². The van der Waals surface area contributed by atoms with Crippen molar-refractivity contribution in [2.45, 2.75) is 38.7 Å². The van der Waals surface area contributed by atoms with Crippen LogP contribution >= 0.6 is 11.6 Å². The number of fused-ring (bicyclic) bond motifs is 1. The van der Waals surface area contributed by atoms with Crippen LogP contribution in [0.4, 0.5) is 9.18 Å². The molecule has 1 aliphatic heterocycles. The Labute approximate surface area is 200 Å². The van der Waals surface area contributed by atoms with E-state index in [0.29, 0.717) is 29.3 Å². The fourth-order valence-corrected chi connectivity index (χ4v) is 3.91. The van der Waals surface area contributed by atoms with Gasteiger partial charge in [0.15, 0.2) is 23.9 Å². The Balaban J connectivity index is 1.51. The largest absolute Gasteiger partial charge is 0.461 e. The van der Waals surface area contributed by atoms with Gasteiger partial charge in [-0.25, -0.2) is 14.0 Å². The number of piperidine rings is 1. The number of hydrogen-bond acceptors (Lipinski definition) is 8. The van der Waals surface area contributed by atoms with Crippen LogP contribution in [0.25, 0.3) is 10.9 Å². The Morgan fingerprint density at radius 3 is 2.76 bits per heavy atom. The number of carbonyl (C=O) groups is 2. The van der Waals surface area contributed by atoms with Crippen molar-refractivity contribution in [1.29, 1.82) is 0 Å². The summed E-state index contributed by atoms with van der Waals surface area (Å²) in [7, 11) is 0. The maximum absolute atomic E-state index is 15.9. The summed E-state index contributed by atoms with van der Waals surface area (Å²) in [6.07, 6.45) is -0.641. The number of halogens is 2. The lowest BCUT2D eigenvalue weighted by Gasteiger charge is -2.39. The van der Waals surface area contributed by atoms with E-state index in [1.807, 2.05) is 6.07 Å². The van der Waals surface area contributed by atoms with Crippen LogP contribution in [-0.2, 0) is 22.6 Å². The molecule has 1 aromatic carbocycles. The first-order valence-electron chi connectivity index (χ1n) is 10.9. The minimum Gasteiger partial charge on any atom is -0.461 e. The molecule has 0 aliphatic carbocycles. The van der Waals surface area contributed by atoms with E-state index in [0.717, 1.165) is 10.3 Å². The summed E-state index contributed by atoms with van der Waals surface area (Å²) in [5, 5.41) is 8.13. The van der Waals surface area contributed by atoms with Crippen molar-refractivity contribution in [3.63, 3.8) is 0 Å². The van der Waals surface area contributed by atoms with E-state index in [4.69, 9.17) is 25.6 Å². The molecule has 1 aliphatic rings. The molecule has 1 fully saturated rings. The van der Waals surface area contributed by atoms with E-state index in [9.17, 15) is 9.59 Å². The summed E-state index contributed by atoms with van der Waals surface area (Å²) in [6, 6.07) is 10.1. The average Bonchev–Trinajstić information content (AvgIpc) is 3.31. The second-order valence-corrected chi connectivity index (χ2v) is 8.28. The number of aromatic nitrogens is 2. The van der Waals surface area contributed by atoms with Crippen LogP contribution in [0.2, 0.25) is 5.02 Å². The highest BCUT2D eigenvalue weighted by Crippen LogP contribution is 2.31. The Morgan fingerprint density at radius 1 is 1.21 bits per heavy atom. The third-order valence-corrected chi connectivity index (χ3v) is 5.72. The molecule has 9 nitrogen and oxygen atoms in total. The molecule has 0 bridgehead atoms. The molecule has 180 valence electrons. The number of ether oxygens (including phenoxy) is 2. The predicted molar refractivity (Wildman–Crippen MR) is 121 cm³/mol. The van der Waals surface area contributed by atoms with E-state index >= 15 is 4.39 Å². The normalized spacial score (nSPS) is 15.1. The van der Waals surface area contributed by atoms with Gasteiger partial charge in [-0.3, -0.25) is 9.88 Å². The summed E-state index contributed by atoms with van der Waals surface area (Å²) in [5.74, 6) is -2.42. The quantitative estimate of drug-likeness (QED) is 0.387. The van der Waals surface area contributed by atoms with Gasteiger partial charge < -0.3 is 19.3 Å². The molecule has 4 rings (SSSR count). The zero-order chi connectivity index (χ0) is 24.1. The molecule has 34 heavy (non-hydrogen) atoms. The lowest BCUT2D eigenvalue weighted by Crippen LogP contribution is -2.53. The minimum absolute atomic E-state index is 0.0365. The van der Waals surface area contributed by atoms with E-state index in [2.05, 4.69) is 15.5 Å². The molecular formula is C23H24ClFN4O5. The van der Waals surface area contributed by atoms with Crippen molar-refractivity contribution < 1.29 is 28.0 Å². The summed E-state index contributed by atoms with van der Waals surface area (Å²) in [6.45, 7) is 2.30. The number of nitrogens with one attached hydrogen (secondary N) is 1. The molecule has 3 aromatic rings. The van der Waals surface area contributed by atoms with Crippen molar-refractivity contribution >= 4 is 34.6 Å². The van der Waals surface area contributed by atoms with Crippen LogP contribution in [0.1, 0.15) is 41.7 Å². The van der Waals surface area contributed by atoms with Crippen molar-refractivity contribution in [1.82, 2.24) is 20.4 Å². The zero-order valence-electron chi connectivity index (χ0n) is 18.6. The molecule has 1 amide bonds. The molecule has 1 saturated heterocycles. The van der Waals surface area contributed by atoms with E-state index in [1.54, 1.807) is 31.2 Å². The smallest absolute Gasteiger partial charge is 0.413 e. The first kappa shape index (κ1) is 23.9. The van der Waals surface area contributed by atoms with E-state index < -0.39 is 17.9 Å². The van der Waals surface area contributed by atoms with Crippen LogP contribution < -0.4 is 5.32 Å². The molecule has 3 heterocycles. The number of carbonyl (C=O) groups excluding carboxylic acids is 2. The van der Waals surface area contributed by atoms with Gasteiger partial charge in [0.1, 0.15) is 0 Å². The lowest BCUT2D eigenvalue weighted by molar-refractivity contribution is -0.0584. The highest BCUT2D eigenvalue weighted by atomic mass is 35.5. The number of rotatable bonds is 7. The minimum atomic E-state index is -1.91. The Morgan fingerprint density at radius 2 is 2.00 bits per heavy atom. The van der Waals surface area contributed by atoms with Crippen molar-refractivity contribution in [3.05, 3.63) is 58.6 Å². The van der Waals surface area contributed by atoms with Gasteiger partial charge in [0, 0.05) is 42.4 Å². The third kappa shape index (κ3) is 5.45. The van der Waals surface area contributed by atoms with Crippen molar-refractivity contribution in [3.8, 4) is 0 Å². The molecular weight excluding hydrogens is 467 g/mol. The van der Waals surface area contributed by atoms with Crippen LogP contribution in [0.15, 0.2) is 40.9 Å².